The quantitative estimate of drug-likeness (QED) is 0.796. The minimum Gasteiger partial charge on any atom is -0.444 e. The van der Waals surface area contributed by atoms with Crippen LogP contribution in [0.5, 0.6) is 0 Å². The van der Waals surface area contributed by atoms with E-state index in [1.54, 1.807) is 30.3 Å². The Morgan fingerprint density at radius 1 is 1.04 bits per heavy atom. The van der Waals surface area contributed by atoms with Crippen LogP contribution in [-0.4, -0.2) is 25.0 Å². The fourth-order valence-corrected chi connectivity index (χ4v) is 2.45. The van der Waals surface area contributed by atoms with E-state index in [9.17, 15) is 14.4 Å². The number of halogens is 2. The standard InChI is InChI=1S/C17H14Cl2N2O4/c1-20-17(24)21-15(22)14(10-5-3-2-4-6-10)25-16(23)12-8-7-11(18)9-13(12)19/h2-9,14H,1H3,(H2,20,21,22,24). The molecule has 1 unspecified atom stereocenters. The predicted octanol–water partition coefficient (Wildman–Crippen LogP) is 3.35. The Morgan fingerprint density at radius 2 is 1.72 bits per heavy atom. The number of rotatable bonds is 4. The van der Waals surface area contributed by atoms with Crippen LogP contribution in [-0.2, 0) is 9.53 Å². The van der Waals surface area contributed by atoms with Crippen molar-refractivity contribution in [3.8, 4) is 0 Å². The fourth-order valence-electron chi connectivity index (χ4n) is 1.97. The van der Waals surface area contributed by atoms with Crippen LogP contribution in [0.2, 0.25) is 10.0 Å². The summed E-state index contributed by atoms with van der Waals surface area (Å²) in [4.78, 5) is 36.1. The molecular formula is C17H14Cl2N2O4. The van der Waals surface area contributed by atoms with Crippen molar-refractivity contribution in [3.05, 3.63) is 69.7 Å². The molecule has 3 amide bonds. The second-order valence-electron chi connectivity index (χ2n) is 4.89. The molecule has 0 saturated heterocycles. The Bertz CT molecular complexity index is 796. The van der Waals surface area contributed by atoms with Crippen molar-refractivity contribution in [2.75, 3.05) is 7.05 Å². The number of carbonyl (C=O) groups excluding carboxylic acids is 3. The monoisotopic (exact) mass is 380 g/mol. The zero-order chi connectivity index (χ0) is 18.4. The molecule has 2 rings (SSSR count). The molecule has 0 aliphatic heterocycles. The number of benzene rings is 2. The highest BCUT2D eigenvalue weighted by atomic mass is 35.5. The molecule has 2 N–H and O–H groups in total. The Morgan fingerprint density at radius 3 is 2.32 bits per heavy atom. The van der Waals surface area contributed by atoms with Gasteiger partial charge in [-0.05, 0) is 18.2 Å². The Hall–Kier alpha value is -2.57. The molecular weight excluding hydrogens is 367 g/mol. The lowest BCUT2D eigenvalue weighted by Crippen LogP contribution is -2.41. The third-order valence-corrected chi connectivity index (χ3v) is 3.73. The van der Waals surface area contributed by atoms with Crippen molar-refractivity contribution in [1.82, 2.24) is 10.6 Å². The van der Waals surface area contributed by atoms with Gasteiger partial charge in [0.15, 0.2) is 0 Å². The third-order valence-electron chi connectivity index (χ3n) is 3.18. The SMILES string of the molecule is CNC(=O)NC(=O)C(OC(=O)c1ccc(Cl)cc1Cl)c1ccccc1. The number of ether oxygens (including phenoxy) is 1. The number of nitrogens with one attached hydrogen (secondary N) is 2. The van der Waals surface area contributed by atoms with E-state index in [-0.39, 0.29) is 10.6 Å². The first-order chi connectivity index (χ1) is 11.9. The zero-order valence-corrected chi connectivity index (χ0v) is 14.6. The number of hydrogen-bond donors (Lipinski definition) is 2. The molecule has 0 aromatic heterocycles. The first kappa shape index (κ1) is 18.8. The summed E-state index contributed by atoms with van der Waals surface area (Å²) in [6.45, 7) is 0. The summed E-state index contributed by atoms with van der Waals surface area (Å²) in [6.07, 6.45) is -1.32. The minimum atomic E-state index is -1.32. The normalized spacial score (nSPS) is 11.3. The van der Waals surface area contributed by atoms with Crippen molar-refractivity contribution in [1.29, 1.82) is 0 Å². The average molecular weight is 381 g/mol. The van der Waals surface area contributed by atoms with Gasteiger partial charge in [0.05, 0.1) is 10.6 Å². The van der Waals surface area contributed by atoms with E-state index in [4.69, 9.17) is 27.9 Å². The van der Waals surface area contributed by atoms with Crippen LogP contribution >= 0.6 is 23.2 Å². The maximum atomic E-state index is 12.4. The van der Waals surface area contributed by atoms with Gasteiger partial charge in [0.1, 0.15) is 0 Å². The number of carbonyl (C=O) groups is 3. The molecule has 0 spiro atoms. The number of imide groups is 1. The summed E-state index contributed by atoms with van der Waals surface area (Å²) in [5.41, 5.74) is 0.460. The van der Waals surface area contributed by atoms with Crippen molar-refractivity contribution in [2.24, 2.45) is 0 Å². The van der Waals surface area contributed by atoms with Crippen LogP contribution < -0.4 is 10.6 Å². The molecule has 0 heterocycles. The lowest BCUT2D eigenvalue weighted by Gasteiger charge is -2.18. The van der Waals surface area contributed by atoms with Crippen molar-refractivity contribution >= 4 is 41.1 Å². The Kier molecular flexibility index (Phi) is 6.38. The smallest absolute Gasteiger partial charge is 0.340 e. The maximum Gasteiger partial charge on any atom is 0.340 e. The van der Waals surface area contributed by atoms with E-state index in [2.05, 4.69) is 10.6 Å². The lowest BCUT2D eigenvalue weighted by atomic mass is 10.1. The number of hydrogen-bond acceptors (Lipinski definition) is 4. The summed E-state index contributed by atoms with van der Waals surface area (Å²) in [7, 11) is 1.36. The van der Waals surface area contributed by atoms with E-state index in [1.807, 2.05) is 0 Å². The van der Waals surface area contributed by atoms with Gasteiger partial charge in [0, 0.05) is 17.6 Å². The molecule has 1 atom stereocenters. The second-order valence-corrected chi connectivity index (χ2v) is 5.73. The summed E-state index contributed by atoms with van der Waals surface area (Å²) in [5, 5.41) is 4.80. The Labute approximate surface area is 154 Å². The van der Waals surface area contributed by atoms with Crippen molar-refractivity contribution in [3.63, 3.8) is 0 Å². The third kappa shape index (κ3) is 4.95. The van der Waals surface area contributed by atoms with Gasteiger partial charge in [-0.15, -0.1) is 0 Å². The van der Waals surface area contributed by atoms with Crippen LogP contribution in [0.3, 0.4) is 0 Å². The number of amides is 3. The summed E-state index contributed by atoms with van der Waals surface area (Å²) >= 11 is 11.8. The van der Waals surface area contributed by atoms with E-state index < -0.39 is 24.0 Å². The molecule has 130 valence electrons. The van der Waals surface area contributed by atoms with Gasteiger partial charge >= 0.3 is 12.0 Å². The molecule has 2 aromatic rings. The van der Waals surface area contributed by atoms with E-state index >= 15 is 0 Å². The van der Waals surface area contributed by atoms with Gasteiger partial charge in [0.2, 0.25) is 6.10 Å². The van der Waals surface area contributed by atoms with E-state index in [1.165, 1.54) is 25.2 Å². The summed E-state index contributed by atoms with van der Waals surface area (Å²) < 4.78 is 5.29. The van der Waals surface area contributed by atoms with Crippen LogP contribution in [0.15, 0.2) is 48.5 Å². The molecule has 8 heteroatoms. The van der Waals surface area contributed by atoms with Gasteiger partial charge < -0.3 is 10.1 Å². The van der Waals surface area contributed by atoms with Crippen LogP contribution in [0, 0.1) is 0 Å². The van der Waals surface area contributed by atoms with E-state index in [0.29, 0.717) is 10.6 Å². The molecule has 0 fully saturated rings. The van der Waals surface area contributed by atoms with Gasteiger partial charge in [-0.3, -0.25) is 10.1 Å². The first-order valence-corrected chi connectivity index (χ1v) is 7.91. The summed E-state index contributed by atoms with van der Waals surface area (Å²) in [6, 6.07) is 11.9. The Balaban J connectivity index is 2.28. The predicted molar refractivity (Wildman–Crippen MR) is 93.7 cm³/mol. The van der Waals surface area contributed by atoms with Crippen molar-refractivity contribution < 1.29 is 19.1 Å². The number of esters is 1. The highest BCUT2D eigenvalue weighted by Crippen LogP contribution is 2.25. The van der Waals surface area contributed by atoms with Gasteiger partial charge in [-0.1, -0.05) is 53.5 Å². The molecule has 2 aromatic carbocycles. The zero-order valence-electron chi connectivity index (χ0n) is 13.1. The topological polar surface area (TPSA) is 84.5 Å². The fraction of sp³-hybridized carbons (Fsp3) is 0.118. The van der Waals surface area contributed by atoms with E-state index in [0.717, 1.165) is 0 Å². The molecule has 25 heavy (non-hydrogen) atoms. The minimum absolute atomic E-state index is 0.0553. The summed E-state index contributed by atoms with van der Waals surface area (Å²) in [5.74, 6) is -1.61. The lowest BCUT2D eigenvalue weighted by molar-refractivity contribution is -0.129. The number of urea groups is 1. The van der Waals surface area contributed by atoms with Crippen LogP contribution in [0.1, 0.15) is 22.0 Å². The molecule has 0 aliphatic carbocycles. The molecule has 0 saturated carbocycles. The molecule has 6 nitrogen and oxygen atoms in total. The van der Waals surface area contributed by atoms with Crippen LogP contribution in [0.25, 0.3) is 0 Å². The van der Waals surface area contributed by atoms with Crippen LogP contribution in [0.4, 0.5) is 4.79 Å². The highest BCUT2D eigenvalue weighted by molar-refractivity contribution is 6.36. The maximum absolute atomic E-state index is 12.4. The molecule has 0 aliphatic rings. The average Bonchev–Trinajstić information content (AvgIpc) is 2.59. The highest BCUT2D eigenvalue weighted by Gasteiger charge is 2.27. The second kappa shape index (κ2) is 8.50. The molecule has 0 radical (unpaired) electrons. The largest absolute Gasteiger partial charge is 0.444 e. The van der Waals surface area contributed by atoms with Gasteiger partial charge in [-0.25, -0.2) is 9.59 Å². The molecule has 0 bridgehead atoms. The van der Waals surface area contributed by atoms with Gasteiger partial charge in [0.25, 0.3) is 5.91 Å². The van der Waals surface area contributed by atoms with Crippen molar-refractivity contribution in [2.45, 2.75) is 6.10 Å². The van der Waals surface area contributed by atoms with Gasteiger partial charge in [-0.2, -0.15) is 0 Å². The first-order valence-electron chi connectivity index (χ1n) is 7.16.